The van der Waals surface area contributed by atoms with E-state index in [1.807, 2.05) is 0 Å². The Labute approximate surface area is 88.2 Å². The molecule has 0 amide bonds. The van der Waals surface area contributed by atoms with Gasteiger partial charge in [-0.15, -0.1) is 0 Å². The lowest BCUT2D eigenvalue weighted by molar-refractivity contribution is 0.0325. The minimum Gasteiger partial charge on any atom is -0.491 e. The number of aliphatic hydroxyl groups excluding tert-OH is 1. The molecule has 0 spiro atoms. The molecule has 0 aliphatic rings. The van der Waals surface area contributed by atoms with E-state index in [1.165, 1.54) is 7.11 Å². The van der Waals surface area contributed by atoms with Gasteiger partial charge in [-0.1, -0.05) is 11.6 Å². The van der Waals surface area contributed by atoms with Gasteiger partial charge in [-0.05, 0) is 24.3 Å². The van der Waals surface area contributed by atoms with Gasteiger partial charge in [-0.3, -0.25) is 0 Å². The third kappa shape index (κ3) is 3.96. The summed E-state index contributed by atoms with van der Waals surface area (Å²) < 4.78 is 10.0. The maximum absolute atomic E-state index is 9.29. The molecule has 4 heteroatoms. The monoisotopic (exact) mass is 216 g/mol. The minimum absolute atomic E-state index is 0.218. The molecule has 0 saturated heterocycles. The summed E-state index contributed by atoms with van der Waals surface area (Å²) in [6.07, 6.45) is -0.601. The highest BCUT2D eigenvalue weighted by Gasteiger charge is 2.03. The predicted octanol–water partition coefficient (Wildman–Crippen LogP) is 1.73. The molecule has 0 bridgehead atoms. The van der Waals surface area contributed by atoms with E-state index in [2.05, 4.69) is 0 Å². The Kier molecular flexibility index (Phi) is 4.73. The van der Waals surface area contributed by atoms with Crippen LogP contribution in [0.25, 0.3) is 0 Å². The molecule has 1 N–H and O–H groups in total. The van der Waals surface area contributed by atoms with Crippen molar-refractivity contribution >= 4 is 11.6 Å². The van der Waals surface area contributed by atoms with Gasteiger partial charge in [0.15, 0.2) is 0 Å². The molecule has 0 saturated carbocycles. The van der Waals surface area contributed by atoms with Crippen molar-refractivity contribution in [2.75, 3.05) is 20.3 Å². The van der Waals surface area contributed by atoms with Crippen LogP contribution in [0, 0.1) is 0 Å². The number of halogens is 1. The number of hydrogen-bond acceptors (Lipinski definition) is 3. The lowest BCUT2D eigenvalue weighted by atomic mass is 10.3. The van der Waals surface area contributed by atoms with E-state index in [1.54, 1.807) is 24.3 Å². The normalized spacial score (nSPS) is 12.5. The smallest absolute Gasteiger partial charge is 0.119 e. The number of aliphatic hydroxyl groups is 1. The van der Waals surface area contributed by atoms with Gasteiger partial charge in [-0.2, -0.15) is 0 Å². The largest absolute Gasteiger partial charge is 0.491 e. The molecule has 1 unspecified atom stereocenters. The molecule has 0 aliphatic carbocycles. The fraction of sp³-hybridized carbons (Fsp3) is 0.400. The summed E-state index contributed by atoms with van der Waals surface area (Å²) in [5.41, 5.74) is 0. The van der Waals surface area contributed by atoms with E-state index in [4.69, 9.17) is 21.1 Å². The van der Waals surface area contributed by atoms with Crippen molar-refractivity contribution in [1.29, 1.82) is 0 Å². The standard InChI is InChI=1S/C10H13ClO3/c1-13-6-9(12)7-14-10-4-2-8(11)3-5-10/h2-5,9,12H,6-7H2,1H3. The van der Waals surface area contributed by atoms with Crippen LogP contribution in [0.5, 0.6) is 5.75 Å². The molecule has 1 rings (SSSR count). The average molecular weight is 217 g/mol. The summed E-state index contributed by atoms with van der Waals surface area (Å²) in [6.45, 7) is 0.489. The predicted molar refractivity (Wildman–Crippen MR) is 54.8 cm³/mol. The zero-order chi connectivity index (χ0) is 10.4. The van der Waals surface area contributed by atoms with Gasteiger partial charge in [0.05, 0.1) is 6.61 Å². The second-order valence-electron chi connectivity index (χ2n) is 2.87. The Bertz CT molecular complexity index is 261. The van der Waals surface area contributed by atoms with Crippen LogP contribution in [0.2, 0.25) is 5.02 Å². The Hall–Kier alpha value is -0.770. The van der Waals surface area contributed by atoms with E-state index >= 15 is 0 Å². The number of rotatable bonds is 5. The van der Waals surface area contributed by atoms with Crippen LogP contribution in [0.15, 0.2) is 24.3 Å². The van der Waals surface area contributed by atoms with Gasteiger partial charge >= 0.3 is 0 Å². The highest BCUT2D eigenvalue weighted by molar-refractivity contribution is 6.30. The van der Waals surface area contributed by atoms with E-state index in [0.29, 0.717) is 10.8 Å². The number of ether oxygens (including phenoxy) is 2. The van der Waals surface area contributed by atoms with Crippen LogP contribution in [-0.4, -0.2) is 31.5 Å². The zero-order valence-corrected chi connectivity index (χ0v) is 8.70. The fourth-order valence-corrected chi connectivity index (χ4v) is 1.09. The van der Waals surface area contributed by atoms with Crippen LogP contribution >= 0.6 is 11.6 Å². The topological polar surface area (TPSA) is 38.7 Å². The molecule has 14 heavy (non-hydrogen) atoms. The molecule has 1 atom stereocenters. The Morgan fingerprint density at radius 1 is 1.29 bits per heavy atom. The molecule has 0 heterocycles. The number of benzene rings is 1. The summed E-state index contributed by atoms with van der Waals surface area (Å²) in [6, 6.07) is 6.98. The zero-order valence-electron chi connectivity index (χ0n) is 7.94. The highest BCUT2D eigenvalue weighted by Crippen LogP contribution is 2.15. The van der Waals surface area contributed by atoms with Gasteiger partial charge in [0.25, 0.3) is 0 Å². The van der Waals surface area contributed by atoms with Crippen molar-refractivity contribution in [3.8, 4) is 5.75 Å². The van der Waals surface area contributed by atoms with Crippen molar-refractivity contribution in [2.24, 2.45) is 0 Å². The second kappa shape index (κ2) is 5.86. The van der Waals surface area contributed by atoms with E-state index in [0.717, 1.165) is 0 Å². The van der Waals surface area contributed by atoms with E-state index < -0.39 is 6.10 Å². The van der Waals surface area contributed by atoms with Crippen molar-refractivity contribution in [3.05, 3.63) is 29.3 Å². The van der Waals surface area contributed by atoms with Crippen molar-refractivity contribution in [1.82, 2.24) is 0 Å². The summed E-state index contributed by atoms with van der Waals surface area (Å²) >= 11 is 5.70. The minimum atomic E-state index is -0.601. The molecule has 1 aromatic rings. The third-order valence-corrected chi connectivity index (χ3v) is 1.87. The highest BCUT2D eigenvalue weighted by atomic mass is 35.5. The maximum atomic E-state index is 9.29. The van der Waals surface area contributed by atoms with Crippen molar-refractivity contribution in [3.63, 3.8) is 0 Å². The van der Waals surface area contributed by atoms with Crippen LogP contribution in [0.1, 0.15) is 0 Å². The molecule has 1 aromatic carbocycles. The summed E-state index contributed by atoms with van der Waals surface area (Å²) in [5, 5.41) is 9.95. The van der Waals surface area contributed by atoms with Crippen molar-refractivity contribution < 1.29 is 14.6 Å². The van der Waals surface area contributed by atoms with E-state index in [9.17, 15) is 5.11 Å². The van der Waals surface area contributed by atoms with Crippen LogP contribution in [0.4, 0.5) is 0 Å². The second-order valence-corrected chi connectivity index (χ2v) is 3.31. The van der Waals surface area contributed by atoms with Gasteiger partial charge in [0.2, 0.25) is 0 Å². The molecule has 0 fully saturated rings. The molecule has 78 valence electrons. The molecular weight excluding hydrogens is 204 g/mol. The Morgan fingerprint density at radius 3 is 2.50 bits per heavy atom. The van der Waals surface area contributed by atoms with E-state index in [-0.39, 0.29) is 13.2 Å². The first kappa shape index (κ1) is 11.3. The first-order valence-electron chi connectivity index (χ1n) is 4.27. The third-order valence-electron chi connectivity index (χ3n) is 1.62. The summed E-state index contributed by atoms with van der Waals surface area (Å²) in [5.74, 6) is 0.685. The maximum Gasteiger partial charge on any atom is 0.119 e. The summed E-state index contributed by atoms with van der Waals surface area (Å²) in [7, 11) is 1.53. The molecular formula is C10H13ClO3. The summed E-state index contributed by atoms with van der Waals surface area (Å²) in [4.78, 5) is 0. The molecule has 0 radical (unpaired) electrons. The SMILES string of the molecule is COCC(O)COc1ccc(Cl)cc1. The quantitative estimate of drug-likeness (QED) is 0.815. The fourth-order valence-electron chi connectivity index (χ4n) is 0.964. The van der Waals surface area contributed by atoms with Crippen LogP contribution in [-0.2, 0) is 4.74 Å². The van der Waals surface area contributed by atoms with Crippen LogP contribution in [0.3, 0.4) is 0 Å². The molecule has 0 aromatic heterocycles. The molecule has 0 aliphatic heterocycles. The first-order chi connectivity index (χ1) is 6.72. The number of hydrogen-bond donors (Lipinski definition) is 1. The molecule has 3 nitrogen and oxygen atoms in total. The van der Waals surface area contributed by atoms with Crippen molar-refractivity contribution in [2.45, 2.75) is 6.10 Å². The lowest BCUT2D eigenvalue weighted by Gasteiger charge is -2.11. The lowest BCUT2D eigenvalue weighted by Crippen LogP contribution is -2.22. The Morgan fingerprint density at radius 2 is 1.93 bits per heavy atom. The number of methoxy groups -OCH3 is 1. The Balaban J connectivity index is 2.34. The van der Waals surface area contributed by atoms with Gasteiger partial charge in [0.1, 0.15) is 18.5 Å². The average Bonchev–Trinajstić information content (AvgIpc) is 2.17. The van der Waals surface area contributed by atoms with Gasteiger partial charge < -0.3 is 14.6 Å². The van der Waals surface area contributed by atoms with Gasteiger partial charge in [-0.25, -0.2) is 0 Å². The van der Waals surface area contributed by atoms with Crippen LogP contribution < -0.4 is 4.74 Å². The first-order valence-corrected chi connectivity index (χ1v) is 4.65. The van der Waals surface area contributed by atoms with Gasteiger partial charge in [0, 0.05) is 12.1 Å².